The average Bonchev–Trinajstić information content (AvgIpc) is 2.49. The third kappa shape index (κ3) is 4.77. The van der Waals surface area contributed by atoms with Crippen LogP contribution in [0.25, 0.3) is 0 Å². The summed E-state index contributed by atoms with van der Waals surface area (Å²) in [6.45, 7) is 4.03. The van der Waals surface area contributed by atoms with E-state index in [2.05, 4.69) is 15.6 Å². The maximum absolute atomic E-state index is 11.7. The standard InChI is InChI=1S/C17H21N3O2/c1-12(2)10-17(21)20-14-6-9-16(18-11-14)19-13-4-7-15(22-3)8-5-13/h4-9,11-12H,10H2,1-3H3,(H,18,19)(H,20,21). The first-order valence-corrected chi connectivity index (χ1v) is 7.24. The highest BCUT2D eigenvalue weighted by molar-refractivity contribution is 5.90. The van der Waals surface area contributed by atoms with E-state index in [9.17, 15) is 4.79 Å². The van der Waals surface area contributed by atoms with E-state index in [1.165, 1.54) is 0 Å². The summed E-state index contributed by atoms with van der Waals surface area (Å²) in [7, 11) is 1.64. The van der Waals surface area contributed by atoms with Gasteiger partial charge in [0.2, 0.25) is 5.91 Å². The Hall–Kier alpha value is -2.56. The number of carbonyl (C=O) groups is 1. The fourth-order valence-electron chi connectivity index (χ4n) is 1.95. The van der Waals surface area contributed by atoms with E-state index in [1.807, 2.05) is 50.2 Å². The third-order valence-electron chi connectivity index (χ3n) is 3.00. The molecule has 0 saturated heterocycles. The lowest BCUT2D eigenvalue weighted by Crippen LogP contribution is -2.13. The number of hydrogen-bond donors (Lipinski definition) is 2. The highest BCUT2D eigenvalue weighted by Crippen LogP contribution is 2.19. The number of carbonyl (C=O) groups excluding carboxylic acids is 1. The van der Waals surface area contributed by atoms with Gasteiger partial charge < -0.3 is 15.4 Å². The summed E-state index contributed by atoms with van der Waals surface area (Å²) >= 11 is 0. The SMILES string of the molecule is COc1ccc(Nc2ccc(NC(=O)CC(C)C)cn2)cc1. The molecule has 0 fully saturated rings. The van der Waals surface area contributed by atoms with Gasteiger partial charge in [0, 0.05) is 12.1 Å². The van der Waals surface area contributed by atoms with Gasteiger partial charge in [0.05, 0.1) is 19.0 Å². The second kappa shape index (κ2) is 7.45. The number of nitrogens with one attached hydrogen (secondary N) is 2. The molecule has 0 unspecified atom stereocenters. The molecule has 0 aliphatic rings. The molecule has 2 aromatic rings. The van der Waals surface area contributed by atoms with Gasteiger partial charge in [0.1, 0.15) is 11.6 Å². The minimum Gasteiger partial charge on any atom is -0.497 e. The van der Waals surface area contributed by atoms with Crippen LogP contribution in [0.15, 0.2) is 42.6 Å². The summed E-state index contributed by atoms with van der Waals surface area (Å²) in [6, 6.07) is 11.2. The molecule has 0 bridgehead atoms. The molecule has 0 aliphatic heterocycles. The number of aromatic nitrogens is 1. The van der Waals surface area contributed by atoms with E-state index in [0.29, 0.717) is 23.8 Å². The summed E-state index contributed by atoms with van der Waals surface area (Å²) in [5, 5.41) is 6.02. The van der Waals surface area contributed by atoms with Gasteiger partial charge in [-0.05, 0) is 42.3 Å². The van der Waals surface area contributed by atoms with Crippen molar-refractivity contribution in [2.75, 3.05) is 17.7 Å². The van der Waals surface area contributed by atoms with Crippen LogP contribution in [0.1, 0.15) is 20.3 Å². The monoisotopic (exact) mass is 299 g/mol. The van der Waals surface area contributed by atoms with Gasteiger partial charge in [0.15, 0.2) is 0 Å². The highest BCUT2D eigenvalue weighted by atomic mass is 16.5. The van der Waals surface area contributed by atoms with Gasteiger partial charge in [-0.25, -0.2) is 4.98 Å². The molecule has 0 radical (unpaired) electrons. The van der Waals surface area contributed by atoms with Crippen LogP contribution in [-0.4, -0.2) is 18.0 Å². The summed E-state index contributed by atoms with van der Waals surface area (Å²) in [4.78, 5) is 16.0. The van der Waals surface area contributed by atoms with E-state index < -0.39 is 0 Å². The van der Waals surface area contributed by atoms with Crippen molar-refractivity contribution in [1.29, 1.82) is 0 Å². The van der Waals surface area contributed by atoms with E-state index in [1.54, 1.807) is 13.3 Å². The molecule has 0 atom stereocenters. The largest absolute Gasteiger partial charge is 0.497 e. The molecule has 0 saturated carbocycles. The van der Waals surface area contributed by atoms with Crippen molar-refractivity contribution < 1.29 is 9.53 Å². The average molecular weight is 299 g/mol. The van der Waals surface area contributed by atoms with Crippen molar-refractivity contribution in [3.63, 3.8) is 0 Å². The van der Waals surface area contributed by atoms with Crippen LogP contribution < -0.4 is 15.4 Å². The molecular weight excluding hydrogens is 278 g/mol. The first-order chi connectivity index (χ1) is 10.6. The van der Waals surface area contributed by atoms with Crippen LogP contribution in [0.2, 0.25) is 0 Å². The molecule has 116 valence electrons. The van der Waals surface area contributed by atoms with Gasteiger partial charge in [-0.2, -0.15) is 0 Å². The number of rotatable bonds is 6. The number of amides is 1. The van der Waals surface area contributed by atoms with Crippen LogP contribution in [0.3, 0.4) is 0 Å². The first-order valence-electron chi connectivity index (χ1n) is 7.24. The number of ether oxygens (including phenoxy) is 1. The minimum absolute atomic E-state index is 0.00710. The molecule has 5 nitrogen and oxygen atoms in total. The van der Waals surface area contributed by atoms with Crippen LogP contribution in [0.5, 0.6) is 5.75 Å². The number of pyridine rings is 1. The second-order valence-electron chi connectivity index (χ2n) is 5.43. The van der Waals surface area contributed by atoms with Crippen molar-refractivity contribution in [3.8, 4) is 5.75 Å². The normalized spacial score (nSPS) is 10.4. The zero-order chi connectivity index (χ0) is 15.9. The maximum atomic E-state index is 11.7. The number of nitrogens with zero attached hydrogens (tertiary/aromatic N) is 1. The minimum atomic E-state index is 0.00710. The van der Waals surface area contributed by atoms with Gasteiger partial charge in [-0.3, -0.25) is 4.79 Å². The summed E-state index contributed by atoms with van der Waals surface area (Å²) < 4.78 is 5.12. The lowest BCUT2D eigenvalue weighted by atomic mass is 10.1. The molecule has 0 aliphatic carbocycles. The number of benzene rings is 1. The van der Waals surface area contributed by atoms with Crippen molar-refractivity contribution in [3.05, 3.63) is 42.6 Å². The molecule has 2 N–H and O–H groups in total. The Morgan fingerprint density at radius 3 is 2.36 bits per heavy atom. The van der Waals surface area contributed by atoms with Crippen molar-refractivity contribution >= 4 is 23.1 Å². The van der Waals surface area contributed by atoms with Crippen LogP contribution >= 0.6 is 0 Å². The zero-order valence-corrected chi connectivity index (χ0v) is 13.1. The topological polar surface area (TPSA) is 63.2 Å². The molecule has 1 aromatic heterocycles. The van der Waals surface area contributed by atoms with Gasteiger partial charge in [0.25, 0.3) is 0 Å². The van der Waals surface area contributed by atoms with Crippen LogP contribution in [0.4, 0.5) is 17.2 Å². The predicted octanol–water partition coefficient (Wildman–Crippen LogP) is 3.82. The number of anilines is 3. The molecule has 2 rings (SSSR count). The van der Waals surface area contributed by atoms with E-state index >= 15 is 0 Å². The molecule has 5 heteroatoms. The second-order valence-corrected chi connectivity index (χ2v) is 5.43. The molecule has 22 heavy (non-hydrogen) atoms. The lowest BCUT2D eigenvalue weighted by Gasteiger charge is -2.09. The Kier molecular flexibility index (Phi) is 5.36. The molecule has 1 aromatic carbocycles. The Bertz CT molecular complexity index is 607. The summed E-state index contributed by atoms with van der Waals surface area (Å²) in [6.07, 6.45) is 2.15. The number of methoxy groups -OCH3 is 1. The van der Waals surface area contributed by atoms with Crippen molar-refractivity contribution in [1.82, 2.24) is 4.98 Å². The molecular formula is C17H21N3O2. The van der Waals surface area contributed by atoms with E-state index in [4.69, 9.17) is 4.74 Å². The lowest BCUT2D eigenvalue weighted by molar-refractivity contribution is -0.116. The Morgan fingerprint density at radius 1 is 1.14 bits per heavy atom. The molecule has 1 amide bonds. The fourth-order valence-corrected chi connectivity index (χ4v) is 1.95. The number of hydrogen-bond acceptors (Lipinski definition) is 4. The van der Waals surface area contributed by atoms with Gasteiger partial charge in [-0.15, -0.1) is 0 Å². The predicted molar refractivity (Wildman–Crippen MR) is 88.6 cm³/mol. The summed E-state index contributed by atoms with van der Waals surface area (Å²) in [5.41, 5.74) is 1.62. The third-order valence-corrected chi connectivity index (χ3v) is 3.00. The molecule has 1 heterocycles. The van der Waals surface area contributed by atoms with Crippen molar-refractivity contribution in [2.24, 2.45) is 5.92 Å². The first kappa shape index (κ1) is 15.8. The van der Waals surface area contributed by atoms with Crippen molar-refractivity contribution in [2.45, 2.75) is 20.3 Å². The van der Waals surface area contributed by atoms with Crippen LogP contribution in [-0.2, 0) is 4.79 Å². The fraction of sp³-hybridized carbons (Fsp3) is 0.294. The summed E-state index contributed by atoms with van der Waals surface area (Å²) in [5.74, 6) is 1.87. The van der Waals surface area contributed by atoms with Gasteiger partial charge >= 0.3 is 0 Å². The Morgan fingerprint density at radius 2 is 1.82 bits per heavy atom. The van der Waals surface area contributed by atoms with Gasteiger partial charge in [-0.1, -0.05) is 13.8 Å². The zero-order valence-electron chi connectivity index (χ0n) is 13.1. The Labute approximate surface area is 130 Å². The smallest absolute Gasteiger partial charge is 0.224 e. The maximum Gasteiger partial charge on any atom is 0.224 e. The Balaban J connectivity index is 1.94. The highest BCUT2D eigenvalue weighted by Gasteiger charge is 2.05. The van der Waals surface area contributed by atoms with E-state index in [-0.39, 0.29) is 5.91 Å². The van der Waals surface area contributed by atoms with Crippen LogP contribution in [0, 0.1) is 5.92 Å². The quantitative estimate of drug-likeness (QED) is 0.851. The van der Waals surface area contributed by atoms with E-state index in [0.717, 1.165) is 11.4 Å². The molecule has 0 spiro atoms.